The highest BCUT2D eigenvalue weighted by atomic mass is 32.1. The molecular formula is C23H23NO3S. The number of carbonyl (C=O) groups is 2. The van der Waals surface area contributed by atoms with Crippen LogP contribution in [0.25, 0.3) is 0 Å². The molecule has 0 aliphatic carbocycles. The van der Waals surface area contributed by atoms with Crippen molar-refractivity contribution in [1.82, 2.24) is 5.32 Å². The van der Waals surface area contributed by atoms with Crippen molar-refractivity contribution in [3.05, 3.63) is 87.6 Å². The van der Waals surface area contributed by atoms with E-state index in [1.165, 1.54) is 5.56 Å². The van der Waals surface area contributed by atoms with Gasteiger partial charge in [-0.15, -0.1) is 11.3 Å². The number of thiophene rings is 1. The van der Waals surface area contributed by atoms with Gasteiger partial charge in [-0.3, -0.25) is 9.59 Å². The fourth-order valence-corrected chi connectivity index (χ4v) is 3.80. The topological polar surface area (TPSA) is 55.4 Å². The molecule has 1 atom stereocenters. The van der Waals surface area contributed by atoms with E-state index in [1.54, 1.807) is 35.6 Å². The normalized spacial score (nSPS) is 11.6. The quantitative estimate of drug-likeness (QED) is 0.532. The highest BCUT2D eigenvalue weighted by molar-refractivity contribution is 7.10. The highest BCUT2D eigenvalue weighted by Gasteiger charge is 2.18. The second kappa shape index (κ2) is 9.85. The second-order valence-electron chi connectivity index (χ2n) is 6.45. The monoisotopic (exact) mass is 393 g/mol. The molecule has 1 aromatic heterocycles. The lowest BCUT2D eigenvalue weighted by Crippen LogP contribution is -2.33. The maximum atomic E-state index is 12.5. The van der Waals surface area contributed by atoms with Crippen molar-refractivity contribution >= 4 is 23.5 Å². The maximum absolute atomic E-state index is 12.5. The van der Waals surface area contributed by atoms with Crippen LogP contribution in [0.3, 0.4) is 0 Å². The number of nitrogens with one attached hydrogen (secondary N) is 1. The van der Waals surface area contributed by atoms with Crippen molar-refractivity contribution in [1.29, 1.82) is 0 Å². The van der Waals surface area contributed by atoms with Crippen molar-refractivity contribution in [3.63, 3.8) is 0 Å². The zero-order valence-corrected chi connectivity index (χ0v) is 16.6. The van der Waals surface area contributed by atoms with Crippen LogP contribution in [0.1, 0.15) is 45.7 Å². The Kier molecular flexibility index (Phi) is 6.98. The van der Waals surface area contributed by atoms with Gasteiger partial charge >= 0.3 is 0 Å². The lowest BCUT2D eigenvalue weighted by Gasteiger charge is -2.19. The van der Waals surface area contributed by atoms with Gasteiger partial charge in [0.15, 0.2) is 12.9 Å². The summed E-state index contributed by atoms with van der Waals surface area (Å²) in [5.41, 5.74) is 2.75. The Bertz CT molecular complexity index is 904. The summed E-state index contributed by atoms with van der Waals surface area (Å²) in [7, 11) is 0. The molecular weight excluding hydrogens is 370 g/mol. The van der Waals surface area contributed by atoms with Crippen LogP contribution in [-0.4, -0.2) is 18.8 Å². The van der Waals surface area contributed by atoms with E-state index >= 15 is 0 Å². The van der Waals surface area contributed by atoms with Gasteiger partial charge in [0.2, 0.25) is 0 Å². The molecule has 0 aliphatic heterocycles. The van der Waals surface area contributed by atoms with Crippen molar-refractivity contribution in [2.75, 3.05) is 6.61 Å². The molecule has 1 unspecified atom stereocenters. The molecule has 0 bridgehead atoms. The number of amides is 1. The van der Waals surface area contributed by atoms with Gasteiger partial charge in [0.1, 0.15) is 5.75 Å². The smallest absolute Gasteiger partial charge is 0.258 e. The third-order valence-electron chi connectivity index (χ3n) is 4.39. The van der Waals surface area contributed by atoms with Crippen molar-refractivity contribution in [2.24, 2.45) is 0 Å². The summed E-state index contributed by atoms with van der Waals surface area (Å²) in [5, 5.41) is 5.05. The first-order valence-electron chi connectivity index (χ1n) is 9.30. The fourth-order valence-electron chi connectivity index (χ4n) is 2.99. The summed E-state index contributed by atoms with van der Waals surface area (Å²) in [6.07, 6.45) is 2.86. The molecule has 1 N–H and O–H groups in total. The van der Waals surface area contributed by atoms with E-state index in [0.29, 0.717) is 11.3 Å². The summed E-state index contributed by atoms with van der Waals surface area (Å²) in [5.74, 6) is 0.168. The number of carbonyl (C=O) groups excluding carboxylic acids is 2. The predicted octanol–water partition coefficient (Wildman–Crippen LogP) is 4.80. The van der Waals surface area contributed by atoms with E-state index in [9.17, 15) is 9.59 Å². The summed E-state index contributed by atoms with van der Waals surface area (Å²) in [6, 6.07) is 19.0. The molecule has 2 aromatic carbocycles. The average Bonchev–Trinajstić information content (AvgIpc) is 3.26. The molecule has 1 amide bonds. The highest BCUT2D eigenvalue weighted by Crippen LogP contribution is 2.26. The lowest BCUT2D eigenvalue weighted by molar-refractivity contribution is -0.123. The number of aldehydes is 1. The molecule has 0 spiro atoms. The molecule has 0 radical (unpaired) electrons. The van der Waals surface area contributed by atoms with Crippen LogP contribution in [0.2, 0.25) is 0 Å². The van der Waals surface area contributed by atoms with Crippen molar-refractivity contribution < 1.29 is 14.3 Å². The fraction of sp³-hybridized carbons (Fsp3) is 0.217. The van der Waals surface area contributed by atoms with Crippen molar-refractivity contribution in [3.8, 4) is 5.75 Å². The molecule has 3 aromatic rings. The van der Waals surface area contributed by atoms with Gasteiger partial charge in [0, 0.05) is 4.88 Å². The number of rotatable bonds is 9. The number of ether oxygens (including phenoxy) is 1. The van der Waals surface area contributed by atoms with Crippen LogP contribution in [-0.2, 0) is 11.2 Å². The van der Waals surface area contributed by atoms with Crippen LogP contribution in [0.15, 0.2) is 66.0 Å². The second-order valence-corrected chi connectivity index (χ2v) is 7.43. The minimum Gasteiger partial charge on any atom is -0.483 e. The molecule has 0 aliphatic rings. The molecule has 144 valence electrons. The van der Waals surface area contributed by atoms with E-state index in [1.807, 2.05) is 17.5 Å². The van der Waals surface area contributed by atoms with E-state index in [4.69, 9.17) is 4.74 Å². The Balaban J connectivity index is 1.71. The number of hydrogen-bond donors (Lipinski definition) is 1. The zero-order valence-electron chi connectivity index (χ0n) is 15.8. The summed E-state index contributed by atoms with van der Waals surface area (Å²) >= 11 is 1.60. The Hall–Kier alpha value is -2.92. The van der Waals surface area contributed by atoms with Crippen LogP contribution < -0.4 is 10.1 Å². The number of aryl methyl sites for hydroxylation is 1. The van der Waals surface area contributed by atoms with Gasteiger partial charge in [0.25, 0.3) is 5.91 Å². The van der Waals surface area contributed by atoms with Crippen molar-refractivity contribution in [2.45, 2.75) is 25.8 Å². The average molecular weight is 394 g/mol. The van der Waals surface area contributed by atoms with Gasteiger partial charge < -0.3 is 10.1 Å². The molecule has 28 heavy (non-hydrogen) atoms. The Morgan fingerprint density at radius 2 is 1.89 bits per heavy atom. The third kappa shape index (κ3) is 5.08. The minimum absolute atomic E-state index is 0.152. The zero-order chi connectivity index (χ0) is 19.8. The largest absolute Gasteiger partial charge is 0.483 e. The van der Waals surface area contributed by atoms with Gasteiger partial charge in [-0.1, -0.05) is 55.8 Å². The standard InChI is InChI=1S/C23H23NO3S/c1-2-6-17-10-12-18(13-11-17)23(21-9-5-14-28-21)24-22(26)16-27-20-8-4-3-7-19(20)15-25/h3-5,7-15,23H,2,6,16H2,1H3,(H,24,26). The van der Waals surface area contributed by atoms with Gasteiger partial charge in [-0.25, -0.2) is 0 Å². The SMILES string of the molecule is CCCc1ccc(C(NC(=O)COc2ccccc2C=O)c2cccs2)cc1. The Morgan fingerprint density at radius 3 is 2.57 bits per heavy atom. The molecule has 0 saturated heterocycles. The first-order chi connectivity index (χ1) is 13.7. The Morgan fingerprint density at radius 1 is 1.11 bits per heavy atom. The summed E-state index contributed by atoms with van der Waals surface area (Å²) in [4.78, 5) is 24.7. The van der Waals surface area contributed by atoms with Crippen LogP contribution in [0, 0.1) is 0 Å². The molecule has 0 fully saturated rings. The molecule has 1 heterocycles. The first kappa shape index (κ1) is 19.8. The first-order valence-corrected chi connectivity index (χ1v) is 10.2. The van der Waals surface area contributed by atoms with Crippen LogP contribution >= 0.6 is 11.3 Å². The van der Waals surface area contributed by atoms with Gasteiger partial charge in [-0.05, 0) is 41.1 Å². The van der Waals surface area contributed by atoms with Crippen LogP contribution in [0.4, 0.5) is 0 Å². The summed E-state index contributed by atoms with van der Waals surface area (Å²) in [6.45, 7) is 2.01. The van der Waals surface area contributed by atoms with E-state index < -0.39 is 0 Å². The predicted molar refractivity (Wildman–Crippen MR) is 112 cm³/mol. The number of hydrogen-bond acceptors (Lipinski definition) is 4. The van der Waals surface area contributed by atoms with E-state index in [0.717, 1.165) is 29.6 Å². The summed E-state index contributed by atoms with van der Waals surface area (Å²) < 4.78 is 5.56. The Labute approximate surface area is 169 Å². The number of para-hydroxylation sites is 1. The van der Waals surface area contributed by atoms with Gasteiger partial charge in [0.05, 0.1) is 11.6 Å². The third-order valence-corrected chi connectivity index (χ3v) is 5.33. The molecule has 4 nitrogen and oxygen atoms in total. The molecule has 0 saturated carbocycles. The minimum atomic E-state index is -0.239. The lowest BCUT2D eigenvalue weighted by atomic mass is 10.0. The maximum Gasteiger partial charge on any atom is 0.258 e. The van der Waals surface area contributed by atoms with E-state index in [-0.39, 0.29) is 18.6 Å². The number of benzene rings is 2. The van der Waals surface area contributed by atoms with Crippen LogP contribution in [0.5, 0.6) is 5.75 Å². The molecule has 3 rings (SSSR count). The molecule has 5 heteroatoms. The van der Waals surface area contributed by atoms with E-state index in [2.05, 4.69) is 36.5 Å². The van der Waals surface area contributed by atoms with Gasteiger partial charge in [-0.2, -0.15) is 0 Å².